The third-order valence-corrected chi connectivity index (χ3v) is 2.57. The van der Waals surface area contributed by atoms with Crippen LogP contribution in [-0.4, -0.2) is 31.5 Å². The van der Waals surface area contributed by atoms with E-state index in [0.717, 1.165) is 24.1 Å². The molecule has 0 unspecified atom stereocenters. The third-order valence-electron chi connectivity index (χ3n) is 2.57. The van der Waals surface area contributed by atoms with Gasteiger partial charge in [0.1, 0.15) is 11.6 Å². The maximum absolute atomic E-state index is 5.83. The molecule has 2 aromatic rings. The Kier molecular flexibility index (Phi) is 3.83. The van der Waals surface area contributed by atoms with E-state index in [1.165, 1.54) is 0 Å². The number of nitrogens with zero attached hydrogens (tertiary/aromatic N) is 5. The molecule has 0 saturated carbocycles. The van der Waals surface area contributed by atoms with Crippen LogP contribution in [0.1, 0.15) is 23.5 Å². The predicted octanol–water partition coefficient (Wildman–Crippen LogP) is -0.102. The minimum Gasteiger partial charge on any atom is -0.383 e. The Balaban J connectivity index is 2.06. The largest absolute Gasteiger partial charge is 0.383 e. The van der Waals surface area contributed by atoms with Crippen molar-refractivity contribution in [1.29, 1.82) is 0 Å². The second-order valence-corrected chi connectivity index (χ2v) is 4.13. The second-order valence-electron chi connectivity index (χ2n) is 4.13. The summed E-state index contributed by atoms with van der Waals surface area (Å²) in [6.07, 6.45) is 5.37. The molecule has 2 aromatic heterocycles. The lowest BCUT2D eigenvalue weighted by atomic mass is 10.2. The maximum Gasteiger partial charge on any atom is 0.132 e. The van der Waals surface area contributed by atoms with Crippen LogP contribution in [0.2, 0.25) is 0 Å². The van der Waals surface area contributed by atoms with Gasteiger partial charge >= 0.3 is 0 Å². The van der Waals surface area contributed by atoms with Crippen molar-refractivity contribution in [2.75, 3.05) is 12.3 Å². The van der Waals surface area contributed by atoms with E-state index in [0.29, 0.717) is 24.7 Å². The van der Waals surface area contributed by atoms with E-state index in [9.17, 15) is 0 Å². The molecule has 0 atom stereocenters. The Labute approximate surface area is 105 Å². The van der Waals surface area contributed by atoms with Crippen molar-refractivity contribution in [2.24, 2.45) is 5.73 Å². The number of nitrogen functional groups attached to an aromatic ring is 1. The van der Waals surface area contributed by atoms with E-state index in [1.54, 1.807) is 17.8 Å². The zero-order valence-corrected chi connectivity index (χ0v) is 10.4. The molecule has 0 bridgehead atoms. The highest BCUT2D eigenvalue weighted by atomic mass is 15.4. The molecule has 0 fully saturated rings. The Morgan fingerprint density at radius 3 is 2.94 bits per heavy atom. The van der Waals surface area contributed by atoms with Gasteiger partial charge in [0.05, 0.1) is 12.2 Å². The summed E-state index contributed by atoms with van der Waals surface area (Å²) in [7, 11) is 0. The van der Waals surface area contributed by atoms with Crippen molar-refractivity contribution in [3.05, 3.63) is 29.5 Å². The van der Waals surface area contributed by atoms with Crippen LogP contribution in [0.3, 0.4) is 0 Å². The van der Waals surface area contributed by atoms with Gasteiger partial charge in [-0.15, -0.1) is 5.10 Å². The first-order valence-electron chi connectivity index (χ1n) is 5.86. The highest BCUT2D eigenvalue weighted by Crippen LogP contribution is 2.09. The van der Waals surface area contributed by atoms with Crippen molar-refractivity contribution < 1.29 is 0 Å². The molecule has 2 rings (SSSR count). The first-order chi connectivity index (χ1) is 8.69. The highest BCUT2D eigenvalue weighted by Gasteiger charge is 2.05. The van der Waals surface area contributed by atoms with Gasteiger partial charge in [-0.2, -0.15) is 0 Å². The molecule has 18 heavy (non-hydrogen) atoms. The van der Waals surface area contributed by atoms with Crippen LogP contribution in [-0.2, 0) is 13.0 Å². The van der Waals surface area contributed by atoms with Gasteiger partial charge in [-0.3, -0.25) is 0 Å². The number of aryl methyl sites for hydroxylation is 2. The number of aromatic nitrogens is 5. The first kappa shape index (κ1) is 12.4. The summed E-state index contributed by atoms with van der Waals surface area (Å²) in [4.78, 5) is 8.24. The molecular formula is C11H17N7. The molecule has 96 valence electrons. The Morgan fingerprint density at radius 2 is 2.22 bits per heavy atom. The molecule has 0 aliphatic rings. The Bertz CT molecular complexity index is 520. The van der Waals surface area contributed by atoms with Crippen LogP contribution in [0, 0.1) is 6.92 Å². The van der Waals surface area contributed by atoms with Crippen molar-refractivity contribution >= 4 is 5.82 Å². The molecule has 0 spiro atoms. The summed E-state index contributed by atoms with van der Waals surface area (Å²) in [6, 6.07) is 0. The lowest BCUT2D eigenvalue weighted by molar-refractivity contribution is 0.646. The van der Waals surface area contributed by atoms with Crippen LogP contribution in [0.15, 0.2) is 12.4 Å². The molecular weight excluding hydrogens is 230 g/mol. The fourth-order valence-corrected chi connectivity index (χ4v) is 1.62. The lowest BCUT2D eigenvalue weighted by Crippen LogP contribution is -2.07. The zero-order valence-electron chi connectivity index (χ0n) is 10.4. The quantitative estimate of drug-likeness (QED) is 0.763. The van der Waals surface area contributed by atoms with E-state index >= 15 is 0 Å². The van der Waals surface area contributed by atoms with Crippen LogP contribution in [0.25, 0.3) is 0 Å². The van der Waals surface area contributed by atoms with Gasteiger partial charge in [-0.1, -0.05) is 5.21 Å². The molecule has 0 radical (unpaired) electrons. The van der Waals surface area contributed by atoms with E-state index in [-0.39, 0.29) is 0 Å². The molecule has 0 amide bonds. The van der Waals surface area contributed by atoms with Gasteiger partial charge in [-0.25, -0.2) is 14.6 Å². The highest BCUT2D eigenvalue weighted by molar-refractivity contribution is 5.37. The maximum atomic E-state index is 5.83. The van der Waals surface area contributed by atoms with Crippen molar-refractivity contribution in [2.45, 2.75) is 26.3 Å². The Morgan fingerprint density at radius 1 is 1.39 bits per heavy atom. The number of anilines is 1. The Hall–Kier alpha value is -2.02. The van der Waals surface area contributed by atoms with E-state index in [1.807, 2.05) is 6.20 Å². The summed E-state index contributed by atoms with van der Waals surface area (Å²) in [6.45, 7) is 2.99. The molecule has 0 aliphatic carbocycles. The molecule has 0 aromatic carbocycles. The van der Waals surface area contributed by atoms with E-state index in [4.69, 9.17) is 11.5 Å². The summed E-state index contributed by atoms with van der Waals surface area (Å²) in [5, 5.41) is 8.12. The minimum absolute atomic E-state index is 0.488. The van der Waals surface area contributed by atoms with E-state index in [2.05, 4.69) is 20.3 Å². The first-order valence-corrected chi connectivity index (χ1v) is 5.86. The number of hydrogen-bond donors (Lipinski definition) is 2. The average molecular weight is 247 g/mol. The molecule has 0 aliphatic heterocycles. The van der Waals surface area contributed by atoms with Crippen molar-refractivity contribution in [3.8, 4) is 0 Å². The van der Waals surface area contributed by atoms with Gasteiger partial charge in [0.15, 0.2) is 0 Å². The summed E-state index contributed by atoms with van der Waals surface area (Å²) >= 11 is 0. The molecule has 2 heterocycles. The SMILES string of the molecule is Cc1ncc(Cn2cc(CCCN)nn2)c(N)n1. The summed E-state index contributed by atoms with van der Waals surface area (Å²) in [5.41, 5.74) is 13.1. The van der Waals surface area contributed by atoms with Gasteiger partial charge in [0.2, 0.25) is 0 Å². The van der Waals surface area contributed by atoms with Gasteiger partial charge in [-0.05, 0) is 26.3 Å². The predicted molar refractivity (Wildman–Crippen MR) is 67.7 cm³/mol. The monoisotopic (exact) mass is 247 g/mol. The second kappa shape index (κ2) is 5.54. The number of hydrogen-bond acceptors (Lipinski definition) is 6. The average Bonchev–Trinajstić information content (AvgIpc) is 2.78. The number of nitrogens with two attached hydrogens (primary N) is 2. The van der Waals surface area contributed by atoms with Gasteiger partial charge in [0, 0.05) is 18.0 Å². The summed E-state index contributed by atoms with van der Waals surface area (Å²) in [5.74, 6) is 1.15. The summed E-state index contributed by atoms with van der Waals surface area (Å²) < 4.78 is 1.73. The van der Waals surface area contributed by atoms with Crippen LogP contribution >= 0.6 is 0 Å². The number of rotatable bonds is 5. The third kappa shape index (κ3) is 3.01. The van der Waals surface area contributed by atoms with Gasteiger partial charge in [0.25, 0.3) is 0 Å². The fourth-order valence-electron chi connectivity index (χ4n) is 1.62. The van der Waals surface area contributed by atoms with Crippen molar-refractivity contribution in [3.63, 3.8) is 0 Å². The van der Waals surface area contributed by atoms with Crippen LogP contribution in [0.5, 0.6) is 0 Å². The van der Waals surface area contributed by atoms with Gasteiger partial charge < -0.3 is 11.5 Å². The molecule has 7 nitrogen and oxygen atoms in total. The molecule has 4 N–H and O–H groups in total. The topological polar surface area (TPSA) is 109 Å². The van der Waals surface area contributed by atoms with Crippen molar-refractivity contribution in [1.82, 2.24) is 25.0 Å². The van der Waals surface area contributed by atoms with Crippen LogP contribution in [0.4, 0.5) is 5.82 Å². The minimum atomic E-state index is 0.488. The lowest BCUT2D eigenvalue weighted by Gasteiger charge is -2.04. The van der Waals surface area contributed by atoms with Crippen LogP contribution < -0.4 is 11.5 Å². The fraction of sp³-hybridized carbons (Fsp3) is 0.455. The van der Waals surface area contributed by atoms with E-state index < -0.39 is 0 Å². The smallest absolute Gasteiger partial charge is 0.132 e. The standard InChI is InChI=1S/C11H17N7/c1-8-14-5-9(11(13)15-8)6-18-7-10(16-17-18)3-2-4-12/h5,7H,2-4,6,12H2,1H3,(H2,13,14,15). The molecule has 0 saturated heterocycles. The zero-order chi connectivity index (χ0) is 13.0. The molecule has 7 heteroatoms. The normalized spacial score (nSPS) is 10.8.